The fourth-order valence-electron chi connectivity index (χ4n) is 1.45. The van der Waals surface area contributed by atoms with Gasteiger partial charge in [-0.3, -0.25) is 10.1 Å². The third-order valence-electron chi connectivity index (χ3n) is 2.40. The Morgan fingerprint density at radius 2 is 2.11 bits per heavy atom. The van der Waals surface area contributed by atoms with Gasteiger partial charge >= 0.3 is 11.6 Å². The third-order valence-corrected chi connectivity index (χ3v) is 2.40. The minimum Gasteiger partial charge on any atom is -0.434 e. The van der Waals surface area contributed by atoms with E-state index in [0.29, 0.717) is 5.56 Å². The zero-order chi connectivity index (χ0) is 14.0. The highest BCUT2D eigenvalue weighted by Crippen LogP contribution is 2.30. The molecule has 6 nitrogen and oxygen atoms in total. The fourth-order valence-corrected chi connectivity index (χ4v) is 1.45. The van der Waals surface area contributed by atoms with E-state index >= 15 is 0 Å². The fraction of sp³-hybridized carbons (Fsp3) is 0.0833. The number of ether oxygens (including phenoxy) is 1. The number of anilines is 1. The molecule has 0 fully saturated rings. The van der Waals surface area contributed by atoms with Gasteiger partial charge in [-0.15, -0.1) is 0 Å². The molecule has 2 aromatic rings. The Labute approximate surface area is 107 Å². The molecule has 0 radical (unpaired) electrons. The molecule has 0 unspecified atom stereocenters. The van der Waals surface area contributed by atoms with Gasteiger partial charge in [-0.25, -0.2) is 4.39 Å². The second-order valence-electron chi connectivity index (χ2n) is 3.83. The Hall–Kier alpha value is -2.70. The van der Waals surface area contributed by atoms with Crippen LogP contribution in [-0.4, -0.2) is 9.91 Å². The van der Waals surface area contributed by atoms with Gasteiger partial charge in [0.05, 0.1) is 4.92 Å². The Balaban J connectivity index is 2.39. The summed E-state index contributed by atoms with van der Waals surface area (Å²) in [6.45, 7) is 1.56. The van der Waals surface area contributed by atoms with E-state index in [9.17, 15) is 14.5 Å². The number of nitro groups is 1. The largest absolute Gasteiger partial charge is 0.434 e. The average molecular weight is 263 g/mol. The molecule has 0 aliphatic carbocycles. The predicted molar refractivity (Wildman–Crippen MR) is 66.5 cm³/mol. The van der Waals surface area contributed by atoms with Crippen LogP contribution in [0.15, 0.2) is 30.3 Å². The van der Waals surface area contributed by atoms with Crippen LogP contribution < -0.4 is 10.5 Å². The summed E-state index contributed by atoms with van der Waals surface area (Å²) >= 11 is 0. The van der Waals surface area contributed by atoms with E-state index in [-0.39, 0.29) is 29.0 Å². The lowest BCUT2D eigenvalue weighted by molar-refractivity contribution is -0.386. The van der Waals surface area contributed by atoms with Crippen LogP contribution in [0.5, 0.6) is 11.6 Å². The van der Waals surface area contributed by atoms with Crippen molar-refractivity contribution in [1.82, 2.24) is 4.98 Å². The van der Waals surface area contributed by atoms with Crippen molar-refractivity contribution in [3.05, 3.63) is 51.8 Å². The zero-order valence-corrected chi connectivity index (χ0v) is 9.96. The molecule has 98 valence electrons. The van der Waals surface area contributed by atoms with Crippen molar-refractivity contribution >= 4 is 11.5 Å². The number of nitrogen functional groups attached to an aromatic ring is 1. The highest BCUT2D eigenvalue weighted by atomic mass is 19.1. The SMILES string of the molecule is Cc1cc(Oc2nc(N)ccc2[N+](=O)[O-])ccc1F. The number of nitrogens with zero attached hydrogens (tertiary/aromatic N) is 2. The first-order valence-electron chi connectivity index (χ1n) is 5.32. The summed E-state index contributed by atoms with van der Waals surface area (Å²) in [5, 5.41) is 10.8. The first-order valence-corrected chi connectivity index (χ1v) is 5.32. The van der Waals surface area contributed by atoms with Crippen LogP contribution >= 0.6 is 0 Å². The van der Waals surface area contributed by atoms with Crippen molar-refractivity contribution in [2.75, 3.05) is 5.73 Å². The molecule has 0 saturated heterocycles. The standard InChI is InChI=1S/C12H10FN3O3/c1-7-6-8(2-3-9(7)13)19-12-10(16(17)18)4-5-11(14)15-12/h2-6H,1H3,(H2,14,15). The molecular formula is C12H10FN3O3. The smallest absolute Gasteiger partial charge is 0.331 e. The van der Waals surface area contributed by atoms with E-state index in [1.54, 1.807) is 6.92 Å². The van der Waals surface area contributed by atoms with Gasteiger partial charge < -0.3 is 10.5 Å². The first kappa shape index (κ1) is 12.7. The van der Waals surface area contributed by atoms with Crippen molar-refractivity contribution < 1.29 is 14.1 Å². The average Bonchev–Trinajstić information content (AvgIpc) is 2.33. The van der Waals surface area contributed by atoms with Crippen LogP contribution in [0.1, 0.15) is 5.56 Å². The lowest BCUT2D eigenvalue weighted by atomic mass is 10.2. The summed E-state index contributed by atoms with van der Waals surface area (Å²) in [5.41, 5.74) is 5.52. The summed E-state index contributed by atoms with van der Waals surface area (Å²) in [5.74, 6) is -0.266. The van der Waals surface area contributed by atoms with Gasteiger partial charge in [0, 0.05) is 6.07 Å². The van der Waals surface area contributed by atoms with E-state index in [4.69, 9.17) is 10.5 Å². The lowest BCUT2D eigenvalue weighted by Crippen LogP contribution is -1.99. The molecule has 0 aliphatic rings. The van der Waals surface area contributed by atoms with E-state index in [0.717, 1.165) is 0 Å². The van der Waals surface area contributed by atoms with Crippen LogP contribution in [0.4, 0.5) is 15.9 Å². The van der Waals surface area contributed by atoms with Gasteiger partial charge in [-0.05, 0) is 36.8 Å². The first-order chi connectivity index (χ1) is 8.97. The molecule has 2 N–H and O–H groups in total. The molecular weight excluding hydrogens is 253 g/mol. The maximum atomic E-state index is 13.1. The summed E-state index contributed by atoms with van der Waals surface area (Å²) in [6, 6.07) is 6.50. The topological polar surface area (TPSA) is 91.3 Å². The molecule has 2 rings (SSSR count). The van der Waals surface area contributed by atoms with Crippen molar-refractivity contribution in [3.63, 3.8) is 0 Å². The van der Waals surface area contributed by atoms with Gasteiger partial charge in [0.25, 0.3) is 0 Å². The van der Waals surface area contributed by atoms with Crippen LogP contribution in [0.2, 0.25) is 0 Å². The lowest BCUT2D eigenvalue weighted by Gasteiger charge is -2.07. The van der Waals surface area contributed by atoms with Gasteiger partial charge in [-0.2, -0.15) is 4.98 Å². The monoisotopic (exact) mass is 263 g/mol. The normalized spacial score (nSPS) is 10.2. The number of hydrogen-bond donors (Lipinski definition) is 1. The molecule has 19 heavy (non-hydrogen) atoms. The van der Waals surface area contributed by atoms with Crippen molar-refractivity contribution in [2.24, 2.45) is 0 Å². The maximum absolute atomic E-state index is 13.1. The summed E-state index contributed by atoms with van der Waals surface area (Å²) < 4.78 is 18.4. The van der Waals surface area contributed by atoms with Crippen LogP contribution in [0.25, 0.3) is 0 Å². The quantitative estimate of drug-likeness (QED) is 0.679. The highest BCUT2D eigenvalue weighted by molar-refractivity contribution is 5.48. The third kappa shape index (κ3) is 2.76. The minimum absolute atomic E-state index is 0.0967. The van der Waals surface area contributed by atoms with E-state index in [2.05, 4.69) is 4.98 Å². The molecule has 0 aliphatic heterocycles. The van der Waals surface area contributed by atoms with Gasteiger partial charge in [0.2, 0.25) is 0 Å². The van der Waals surface area contributed by atoms with Crippen molar-refractivity contribution in [3.8, 4) is 11.6 Å². The number of aryl methyl sites for hydroxylation is 1. The Bertz CT molecular complexity index is 646. The number of hydrogen-bond acceptors (Lipinski definition) is 5. The second kappa shape index (κ2) is 4.89. The van der Waals surface area contributed by atoms with Crippen molar-refractivity contribution in [2.45, 2.75) is 6.92 Å². The van der Waals surface area contributed by atoms with Gasteiger partial charge in [0.15, 0.2) is 0 Å². The highest BCUT2D eigenvalue weighted by Gasteiger charge is 2.18. The maximum Gasteiger partial charge on any atom is 0.331 e. The molecule has 0 atom stereocenters. The summed E-state index contributed by atoms with van der Waals surface area (Å²) in [6.07, 6.45) is 0. The minimum atomic E-state index is -0.627. The molecule has 0 saturated carbocycles. The number of pyridine rings is 1. The number of rotatable bonds is 3. The number of halogens is 1. The summed E-state index contributed by atoms with van der Waals surface area (Å²) in [7, 11) is 0. The van der Waals surface area contributed by atoms with E-state index in [1.807, 2.05) is 0 Å². The van der Waals surface area contributed by atoms with Crippen LogP contribution in [0, 0.1) is 22.9 Å². The number of benzene rings is 1. The van der Waals surface area contributed by atoms with E-state index < -0.39 is 4.92 Å². The Morgan fingerprint density at radius 1 is 1.37 bits per heavy atom. The predicted octanol–water partition coefficient (Wildman–Crippen LogP) is 2.81. The number of aromatic nitrogens is 1. The number of nitrogens with two attached hydrogens (primary N) is 1. The second-order valence-corrected chi connectivity index (χ2v) is 3.83. The molecule has 0 bridgehead atoms. The van der Waals surface area contributed by atoms with Crippen LogP contribution in [-0.2, 0) is 0 Å². The van der Waals surface area contributed by atoms with Crippen LogP contribution in [0.3, 0.4) is 0 Å². The molecule has 0 spiro atoms. The Morgan fingerprint density at radius 3 is 2.74 bits per heavy atom. The molecule has 0 amide bonds. The molecule has 7 heteroatoms. The zero-order valence-electron chi connectivity index (χ0n) is 9.96. The van der Waals surface area contributed by atoms with Crippen molar-refractivity contribution in [1.29, 1.82) is 0 Å². The molecule has 1 heterocycles. The van der Waals surface area contributed by atoms with Gasteiger partial charge in [-0.1, -0.05) is 0 Å². The van der Waals surface area contributed by atoms with Gasteiger partial charge in [0.1, 0.15) is 17.4 Å². The Kier molecular flexibility index (Phi) is 3.28. The molecule has 1 aromatic carbocycles. The summed E-state index contributed by atoms with van der Waals surface area (Å²) in [4.78, 5) is 14.0. The molecule has 1 aromatic heterocycles. The van der Waals surface area contributed by atoms with E-state index in [1.165, 1.54) is 30.3 Å².